The minimum atomic E-state index is -0.0856. The Hall–Kier alpha value is -4.40. The van der Waals surface area contributed by atoms with Crippen LogP contribution in [-0.4, -0.2) is 46.4 Å². The summed E-state index contributed by atoms with van der Waals surface area (Å²) in [5.74, 6) is 1.18. The molecule has 0 atom stereocenters. The van der Waals surface area contributed by atoms with Gasteiger partial charge in [0, 0.05) is 33.2 Å². The fraction of sp³-hybridized carbons (Fsp3) is 0.158. The highest BCUT2D eigenvalue weighted by atomic mass is 79.9. The van der Waals surface area contributed by atoms with E-state index in [4.69, 9.17) is 9.98 Å². The maximum atomic E-state index is 13.5. The molecule has 46 heavy (non-hydrogen) atoms. The molecule has 2 aliphatic heterocycles. The molecule has 0 bridgehead atoms. The molecule has 0 saturated carbocycles. The van der Waals surface area contributed by atoms with Crippen molar-refractivity contribution in [3.63, 3.8) is 0 Å². The molecule has 0 saturated heterocycles. The van der Waals surface area contributed by atoms with Crippen LogP contribution in [0, 0.1) is 0 Å². The molecule has 8 heteroatoms. The molecule has 6 rings (SSSR count). The second-order valence-corrected chi connectivity index (χ2v) is 12.9. The van der Waals surface area contributed by atoms with Crippen LogP contribution >= 0.6 is 31.9 Å². The highest BCUT2D eigenvalue weighted by Crippen LogP contribution is 2.26. The van der Waals surface area contributed by atoms with E-state index < -0.39 is 0 Å². The fourth-order valence-electron chi connectivity index (χ4n) is 5.46. The van der Waals surface area contributed by atoms with Gasteiger partial charge in [-0.25, -0.2) is 9.98 Å². The molecule has 0 unspecified atom stereocenters. The molecule has 4 aromatic rings. The van der Waals surface area contributed by atoms with E-state index in [-0.39, 0.29) is 11.8 Å². The Morgan fingerprint density at radius 1 is 0.500 bits per heavy atom. The van der Waals surface area contributed by atoms with Crippen molar-refractivity contribution in [2.75, 3.05) is 13.1 Å². The number of rotatable bonds is 11. The van der Waals surface area contributed by atoms with Crippen LogP contribution in [0.1, 0.15) is 47.9 Å². The van der Waals surface area contributed by atoms with Crippen molar-refractivity contribution in [1.82, 2.24) is 9.80 Å². The Bertz CT molecular complexity index is 1690. The van der Waals surface area contributed by atoms with Gasteiger partial charge in [0.15, 0.2) is 0 Å². The first-order valence-electron chi connectivity index (χ1n) is 15.3. The summed E-state index contributed by atoms with van der Waals surface area (Å²) in [6, 6.07) is 35.4. The van der Waals surface area contributed by atoms with Crippen LogP contribution in [0.15, 0.2) is 140 Å². The first-order chi connectivity index (χ1) is 22.5. The second kappa shape index (κ2) is 14.8. The Labute approximate surface area is 286 Å². The third-order valence-corrected chi connectivity index (χ3v) is 8.87. The van der Waals surface area contributed by atoms with Crippen LogP contribution < -0.4 is 0 Å². The van der Waals surface area contributed by atoms with E-state index in [1.807, 2.05) is 121 Å². The average Bonchev–Trinajstić information content (AvgIpc) is 3.55. The van der Waals surface area contributed by atoms with Gasteiger partial charge in [0.25, 0.3) is 11.8 Å². The van der Waals surface area contributed by atoms with Crippen molar-refractivity contribution in [2.45, 2.75) is 25.7 Å². The van der Waals surface area contributed by atoms with Crippen LogP contribution in [0.25, 0.3) is 12.2 Å². The van der Waals surface area contributed by atoms with Crippen molar-refractivity contribution < 1.29 is 9.59 Å². The number of hydrogen-bond donors (Lipinski definition) is 0. The predicted molar refractivity (Wildman–Crippen MR) is 192 cm³/mol. The van der Waals surface area contributed by atoms with Gasteiger partial charge >= 0.3 is 0 Å². The topological polar surface area (TPSA) is 65.3 Å². The molecule has 0 aromatic heterocycles. The average molecular weight is 737 g/mol. The predicted octanol–water partition coefficient (Wildman–Crippen LogP) is 8.73. The van der Waals surface area contributed by atoms with Crippen molar-refractivity contribution in [1.29, 1.82) is 0 Å². The number of carbonyl (C=O) groups is 2. The van der Waals surface area contributed by atoms with Gasteiger partial charge in [-0.2, -0.15) is 0 Å². The van der Waals surface area contributed by atoms with E-state index in [2.05, 4.69) is 31.9 Å². The zero-order valence-electron chi connectivity index (χ0n) is 25.2. The summed E-state index contributed by atoms with van der Waals surface area (Å²) in [5.41, 5.74) is 4.57. The molecule has 6 nitrogen and oxygen atoms in total. The van der Waals surface area contributed by atoms with Crippen molar-refractivity contribution in [3.8, 4) is 0 Å². The van der Waals surface area contributed by atoms with Crippen molar-refractivity contribution in [3.05, 3.63) is 152 Å². The van der Waals surface area contributed by atoms with Crippen LogP contribution in [0.4, 0.5) is 0 Å². The largest absolute Gasteiger partial charge is 0.291 e. The van der Waals surface area contributed by atoms with E-state index in [1.165, 1.54) is 0 Å². The van der Waals surface area contributed by atoms with Crippen LogP contribution in [0.5, 0.6) is 0 Å². The quantitative estimate of drug-likeness (QED) is 0.114. The number of amidine groups is 2. The summed E-state index contributed by atoms with van der Waals surface area (Å²) in [6.45, 7) is 1.14. The maximum Gasteiger partial charge on any atom is 0.278 e. The monoisotopic (exact) mass is 734 g/mol. The summed E-state index contributed by atoms with van der Waals surface area (Å²) >= 11 is 7.00. The number of unbranched alkanes of at least 4 members (excludes halogenated alkanes) is 3. The minimum Gasteiger partial charge on any atom is -0.291 e. The number of halogens is 2. The van der Waals surface area contributed by atoms with Crippen LogP contribution in [-0.2, 0) is 9.59 Å². The van der Waals surface area contributed by atoms with Crippen LogP contribution in [0.3, 0.4) is 0 Å². The lowest BCUT2D eigenvalue weighted by Gasteiger charge is -2.20. The first-order valence-corrected chi connectivity index (χ1v) is 16.9. The lowest BCUT2D eigenvalue weighted by Crippen LogP contribution is -2.34. The van der Waals surface area contributed by atoms with E-state index in [1.54, 1.807) is 9.80 Å². The number of carbonyl (C=O) groups excluding carboxylic acids is 2. The highest BCUT2D eigenvalue weighted by molar-refractivity contribution is 9.10. The minimum absolute atomic E-state index is 0.0856. The summed E-state index contributed by atoms with van der Waals surface area (Å²) < 4.78 is 1.94. The van der Waals surface area contributed by atoms with E-state index in [0.29, 0.717) is 36.2 Å². The molecule has 4 aromatic carbocycles. The molecule has 0 spiro atoms. The molecule has 0 aliphatic carbocycles. The Morgan fingerprint density at radius 2 is 0.870 bits per heavy atom. The summed E-state index contributed by atoms with van der Waals surface area (Å²) in [6.07, 6.45) is 7.16. The third kappa shape index (κ3) is 7.52. The van der Waals surface area contributed by atoms with Crippen molar-refractivity contribution in [2.24, 2.45) is 9.98 Å². The standard InChI is InChI=1S/C38H32Br2N4O2/c39-31-19-15-29(16-20-31)35-41-33(25-27-11-5-3-6-12-27)37(45)43(35)23-9-1-2-10-24-44-36(30-17-21-32(40)22-18-30)42-34(38(44)46)26-28-13-7-4-8-14-28/h3-8,11-22,25-26H,1-2,9-10,23-24H2/b33-25-,34-26+. The lowest BCUT2D eigenvalue weighted by atomic mass is 10.1. The third-order valence-electron chi connectivity index (χ3n) is 7.82. The van der Waals surface area contributed by atoms with E-state index >= 15 is 0 Å². The van der Waals surface area contributed by atoms with Gasteiger partial charge in [-0.15, -0.1) is 0 Å². The fourth-order valence-corrected chi connectivity index (χ4v) is 5.99. The van der Waals surface area contributed by atoms with Gasteiger partial charge in [-0.3, -0.25) is 19.4 Å². The zero-order chi connectivity index (χ0) is 31.9. The number of nitrogens with zero attached hydrogens (tertiary/aromatic N) is 4. The first kappa shape index (κ1) is 31.6. The number of hydrogen-bond acceptors (Lipinski definition) is 4. The maximum absolute atomic E-state index is 13.5. The van der Waals surface area contributed by atoms with Gasteiger partial charge in [0.1, 0.15) is 23.1 Å². The van der Waals surface area contributed by atoms with Gasteiger partial charge in [0.05, 0.1) is 0 Å². The lowest BCUT2D eigenvalue weighted by molar-refractivity contribution is -0.123. The summed E-state index contributed by atoms with van der Waals surface area (Å²) in [7, 11) is 0. The summed E-state index contributed by atoms with van der Waals surface area (Å²) in [5, 5.41) is 0. The van der Waals surface area contributed by atoms with E-state index in [0.717, 1.165) is 56.9 Å². The Kier molecular flexibility index (Phi) is 10.2. The molecule has 2 heterocycles. The van der Waals surface area contributed by atoms with Gasteiger partial charge in [-0.1, -0.05) is 130 Å². The molecular formula is C38H32Br2N4O2. The smallest absolute Gasteiger partial charge is 0.278 e. The second-order valence-electron chi connectivity index (χ2n) is 11.1. The molecule has 230 valence electrons. The Balaban J connectivity index is 1.09. The molecule has 0 N–H and O–H groups in total. The SMILES string of the molecule is O=C1/C(=C/c2ccccc2)N=C(c2ccc(Br)cc2)N1CCCCCCN1C(=O)/C(=C\c2ccccc2)N=C1c1ccc(Br)cc1. The molecule has 2 aliphatic rings. The highest BCUT2D eigenvalue weighted by Gasteiger charge is 2.32. The number of benzene rings is 4. The number of amides is 2. The van der Waals surface area contributed by atoms with Gasteiger partial charge in [-0.05, 0) is 60.4 Å². The van der Waals surface area contributed by atoms with Crippen LogP contribution in [0.2, 0.25) is 0 Å². The van der Waals surface area contributed by atoms with Crippen molar-refractivity contribution >= 4 is 67.5 Å². The van der Waals surface area contributed by atoms with Gasteiger partial charge in [0.2, 0.25) is 0 Å². The molecule has 0 radical (unpaired) electrons. The van der Waals surface area contributed by atoms with E-state index in [9.17, 15) is 9.59 Å². The normalized spacial score (nSPS) is 16.5. The zero-order valence-corrected chi connectivity index (χ0v) is 28.3. The molecule has 2 amide bonds. The Morgan fingerprint density at radius 3 is 1.24 bits per heavy atom. The summed E-state index contributed by atoms with van der Waals surface area (Å²) in [4.78, 5) is 40.2. The molecule has 0 fully saturated rings. The molecular weight excluding hydrogens is 704 g/mol. The van der Waals surface area contributed by atoms with Gasteiger partial charge < -0.3 is 0 Å². The number of aliphatic imine (C=N–C) groups is 2.